The maximum atomic E-state index is 11.0. The Morgan fingerprint density at radius 3 is 2.43 bits per heavy atom. The van der Waals surface area contributed by atoms with Gasteiger partial charge in [0.25, 0.3) is 0 Å². The lowest BCUT2D eigenvalue weighted by Crippen LogP contribution is -2.57. The fourth-order valence-electron chi connectivity index (χ4n) is 8.14. The molecule has 5 nitrogen and oxygen atoms in total. The Bertz CT molecular complexity index is 751. The maximum absolute atomic E-state index is 11.0. The minimum atomic E-state index is -2.26. The highest BCUT2D eigenvalue weighted by atomic mass is 16.7. The summed E-state index contributed by atoms with van der Waals surface area (Å²) in [5.41, 5.74) is 0.155. The topological polar surface area (TPSA) is 57.2 Å². The van der Waals surface area contributed by atoms with Gasteiger partial charge in [-0.1, -0.05) is 12.5 Å². The molecule has 28 heavy (non-hydrogen) atoms. The fraction of sp³-hybridized carbons (Fsp3) is 0.913. The molecule has 1 N–H and O–H groups in total. The molecular weight excluding hydrogens is 356 g/mol. The Morgan fingerprint density at radius 1 is 0.964 bits per heavy atom. The highest BCUT2D eigenvalue weighted by Crippen LogP contribution is 2.69. The standard InChI is InChI=1S/C23H34O5/c1-20-6-4-19-17(18(20)5-7-23(20)27-12-13-28-23)3-2-16-14-22(25-10-11-26-22)9-8-21(16,19)15-24/h14,17-19,24H,2-13,15H2,1H3/t17-,18?,19?,20-,21+/m0/s1/i15D2. The second-order valence-electron chi connectivity index (χ2n) is 10.1. The fourth-order valence-corrected chi connectivity index (χ4v) is 8.14. The molecule has 2 heterocycles. The molecule has 0 radical (unpaired) electrons. The largest absolute Gasteiger partial charge is 0.395 e. The second-order valence-corrected chi connectivity index (χ2v) is 10.1. The summed E-state index contributed by atoms with van der Waals surface area (Å²) in [6.07, 6.45) is 8.92. The van der Waals surface area contributed by atoms with Crippen molar-refractivity contribution in [2.45, 2.75) is 69.9 Å². The Morgan fingerprint density at radius 2 is 1.68 bits per heavy atom. The Hall–Kier alpha value is -0.460. The van der Waals surface area contributed by atoms with Crippen LogP contribution in [-0.2, 0) is 18.9 Å². The summed E-state index contributed by atoms with van der Waals surface area (Å²) in [6.45, 7) is 2.60. The summed E-state index contributed by atoms with van der Waals surface area (Å²) in [5, 5.41) is 11.0. The van der Waals surface area contributed by atoms with Crippen LogP contribution >= 0.6 is 0 Å². The molecular formula is C23H34O5. The highest BCUT2D eigenvalue weighted by molar-refractivity contribution is 5.29. The van der Waals surface area contributed by atoms with Crippen LogP contribution in [0.15, 0.2) is 11.6 Å². The molecule has 0 aromatic heterocycles. The van der Waals surface area contributed by atoms with Gasteiger partial charge in [-0.25, -0.2) is 0 Å². The molecule has 0 bridgehead atoms. The average Bonchev–Trinajstić information content (AvgIpc) is 3.42. The number of aliphatic hydroxyl groups is 1. The summed E-state index contributed by atoms with van der Waals surface area (Å²) < 4.78 is 41.5. The first kappa shape index (κ1) is 16.3. The van der Waals surface area contributed by atoms with Crippen molar-refractivity contribution in [3.8, 4) is 0 Å². The van der Waals surface area contributed by atoms with Crippen LogP contribution in [0.3, 0.4) is 0 Å². The Balaban J connectivity index is 1.39. The molecule has 0 aromatic rings. The van der Waals surface area contributed by atoms with E-state index in [1.807, 2.05) is 6.08 Å². The number of hydrogen-bond donors (Lipinski definition) is 1. The van der Waals surface area contributed by atoms with E-state index in [0.717, 1.165) is 44.1 Å². The van der Waals surface area contributed by atoms with Crippen LogP contribution in [0.1, 0.15) is 61.0 Å². The summed E-state index contributed by atoms with van der Waals surface area (Å²) in [6, 6.07) is 0. The monoisotopic (exact) mass is 392 g/mol. The molecule has 0 amide bonds. The molecule has 6 aliphatic rings. The van der Waals surface area contributed by atoms with Crippen LogP contribution in [0.2, 0.25) is 0 Å². The maximum Gasteiger partial charge on any atom is 0.188 e. The first-order chi connectivity index (χ1) is 14.3. The van der Waals surface area contributed by atoms with E-state index < -0.39 is 23.5 Å². The van der Waals surface area contributed by atoms with Crippen molar-refractivity contribution >= 4 is 0 Å². The molecule has 2 aliphatic heterocycles. The zero-order valence-electron chi connectivity index (χ0n) is 18.9. The van der Waals surface area contributed by atoms with Gasteiger partial charge in [-0.15, -0.1) is 0 Å². The minimum Gasteiger partial charge on any atom is -0.395 e. The van der Waals surface area contributed by atoms with E-state index in [-0.39, 0.29) is 11.3 Å². The molecule has 5 heteroatoms. The SMILES string of the molecule is [2H]C([2H])(O)[C@]12CCC3(C=C1CC[C@H]1C4CCC5(OCCO5)[C@@]4(C)CCC12)OCCO3. The summed E-state index contributed by atoms with van der Waals surface area (Å²) >= 11 is 0. The first-order valence-corrected chi connectivity index (χ1v) is 11.3. The van der Waals surface area contributed by atoms with E-state index in [1.165, 1.54) is 0 Å². The van der Waals surface area contributed by atoms with Crippen molar-refractivity contribution in [2.75, 3.05) is 33.0 Å². The van der Waals surface area contributed by atoms with Gasteiger partial charge in [-0.2, -0.15) is 0 Å². The molecule has 5 atom stereocenters. The van der Waals surface area contributed by atoms with E-state index in [4.69, 9.17) is 21.7 Å². The highest BCUT2D eigenvalue weighted by Gasteiger charge is 2.67. The van der Waals surface area contributed by atoms with Crippen LogP contribution in [-0.4, -0.2) is 49.7 Å². The van der Waals surface area contributed by atoms with E-state index in [2.05, 4.69) is 6.92 Å². The molecule has 156 valence electrons. The average molecular weight is 393 g/mol. The van der Waals surface area contributed by atoms with Crippen molar-refractivity contribution in [1.82, 2.24) is 0 Å². The van der Waals surface area contributed by atoms with Gasteiger partial charge in [0, 0.05) is 23.7 Å². The van der Waals surface area contributed by atoms with Crippen LogP contribution in [0, 0.1) is 28.6 Å². The third kappa shape index (κ3) is 2.15. The molecule has 3 saturated carbocycles. The van der Waals surface area contributed by atoms with E-state index >= 15 is 0 Å². The van der Waals surface area contributed by atoms with Crippen LogP contribution in [0.25, 0.3) is 0 Å². The zero-order chi connectivity index (χ0) is 20.8. The second kappa shape index (κ2) is 6.04. The van der Waals surface area contributed by atoms with Crippen molar-refractivity contribution in [3.05, 3.63) is 11.6 Å². The van der Waals surface area contributed by atoms with Gasteiger partial charge in [-0.05, 0) is 62.4 Å². The van der Waals surface area contributed by atoms with E-state index in [1.54, 1.807) is 0 Å². The molecule has 2 spiro atoms. The molecule has 2 unspecified atom stereocenters. The quantitative estimate of drug-likeness (QED) is 0.693. The molecule has 2 saturated heterocycles. The number of fused-ring (bicyclic) bond motifs is 6. The third-order valence-electron chi connectivity index (χ3n) is 9.43. The summed E-state index contributed by atoms with van der Waals surface area (Å²) in [7, 11) is 0. The molecule has 4 aliphatic carbocycles. The van der Waals surface area contributed by atoms with Gasteiger partial charge in [0.2, 0.25) is 0 Å². The summed E-state index contributed by atoms with van der Waals surface area (Å²) in [4.78, 5) is 0. The number of ether oxygens (including phenoxy) is 4. The smallest absolute Gasteiger partial charge is 0.188 e. The Kier molecular flexibility index (Phi) is 3.51. The van der Waals surface area contributed by atoms with Gasteiger partial charge in [0.05, 0.1) is 35.7 Å². The van der Waals surface area contributed by atoms with Gasteiger partial charge >= 0.3 is 0 Å². The van der Waals surface area contributed by atoms with E-state index in [9.17, 15) is 5.11 Å². The van der Waals surface area contributed by atoms with Gasteiger partial charge in [0.1, 0.15) is 0 Å². The lowest BCUT2D eigenvalue weighted by Gasteiger charge is -2.60. The van der Waals surface area contributed by atoms with Crippen molar-refractivity contribution in [2.24, 2.45) is 28.6 Å². The first-order valence-electron chi connectivity index (χ1n) is 12.3. The van der Waals surface area contributed by atoms with Crippen molar-refractivity contribution < 1.29 is 26.8 Å². The predicted molar refractivity (Wildman–Crippen MR) is 102 cm³/mol. The van der Waals surface area contributed by atoms with Gasteiger partial charge in [0.15, 0.2) is 11.6 Å². The van der Waals surface area contributed by atoms with E-state index in [0.29, 0.717) is 51.1 Å². The Labute approximate surface area is 170 Å². The van der Waals surface area contributed by atoms with Crippen LogP contribution < -0.4 is 0 Å². The lowest BCUT2D eigenvalue weighted by atomic mass is 9.46. The van der Waals surface area contributed by atoms with Gasteiger partial charge in [-0.3, -0.25) is 0 Å². The molecule has 0 aromatic carbocycles. The zero-order valence-corrected chi connectivity index (χ0v) is 16.9. The number of hydrogen-bond acceptors (Lipinski definition) is 5. The molecule has 5 fully saturated rings. The normalized spacial score (nSPS) is 49.9. The summed E-state index contributed by atoms with van der Waals surface area (Å²) in [5.74, 6) is -0.194. The predicted octanol–water partition coefficient (Wildman–Crippen LogP) is 3.41. The van der Waals surface area contributed by atoms with Gasteiger partial charge < -0.3 is 24.1 Å². The van der Waals surface area contributed by atoms with Crippen LogP contribution in [0.4, 0.5) is 0 Å². The van der Waals surface area contributed by atoms with Crippen LogP contribution in [0.5, 0.6) is 0 Å². The van der Waals surface area contributed by atoms with Crippen molar-refractivity contribution in [3.63, 3.8) is 0 Å². The number of rotatable bonds is 1. The van der Waals surface area contributed by atoms with Crippen molar-refractivity contribution in [1.29, 1.82) is 0 Å². The molecule has 6 rings (SSSR count). The third-order valence-corrected chi connectivity index (χ3v) is 9.43. The minimum absolute atomic E-state index is 0.0250. The lowest BCUT2D eigenvalue weighted by molar-refractivity contribution is -0.244.